The molecule has 1 amide bonds. The lowest BCUT2D eigenvalue weighted by Crippen LogP contribution is -2.14. The second kappa shape index (κ2) is 12.1. The molecule has 0 saturated heterocycles. The number of amides is 1. The Kier molecular flexibility index (Phi) is 9.88. The summed E-state index contributed by atoms with van der Waals surface area (Å²) in [6.45, 7) is 6.66. The second-order valence-electron chi connectivity index (χ2n) is 6.43. The highest BCUT2D eigenvalue weighted by atomic mass is 35.5. The molecule has 2 aromatic rings. The van der Waals surface area contributed by atoms with Crippen molar-refractivity contribution in [3.8, 4) is 0 Å². The largest absolute Gasteiger partial charge is 0.325 e. The molecular formula is C20H26Cl2N4OS. The van der Waals surface area contributed by atoms with E-state index >= 15 is 0 Å². The van der Waals surface area contributed by atoms with Crippen molar-refractivity contribution in [3.63, 3.8) is 0 Å². The minimum absolute atomic E-state index is 0.141. The number of aromatic nitrogens is 3. The topological polar surface area (TPSA) is 59.8 Å². The Hall–Kier alpha value is -1.50. The van der Waals surface area contributed by atoms with Gasteiger partial charge >= 0.3 is 0 Å². The van der Waals surface area contributed by atoms with E-state index in [-0.39, 0.29) is 11.7 Å². The molecule has 0 unspecified atom stereocenters. The average Bonchev–Trinajstić information content (AvgIpc) is 3.05. The van der Waals surface area contributed by atoms with Crippen LogP contribution in [0.15, 0.2) is 36.0 Å². The first kappa shape index (κ1) is 22.8. The Balaban J connectivity index is 1.90. The molecule has 0 aliphatic heterocycles. The van der Waals surface area contributed by atoms with Crippen LogP contribution in [0.2, 0.25) is 10.0 Å². The van der Waals surface area contributed by atoms with E-state index in [1.54, 1.807) is 18.2 Å². The van der Waals surface area contributed by atoms with Crippen molar-refractivity contribution in [2.75, 3.05) is 11.1 Å². The van der Waals surface area contributed by atoms with Gasteiger partial charge in [-0.1, -0.05) is 73.6 Å². The van der Waals surface area contributed by atoms with Crippen LogP contribution in [0.25, 0.3) is 0 Å². The fourth-order valence-electron chi connectivity index (χ4n) is 2.71. The minimum Gasteiger partial charge on any atom is -0.325 e. The van der Waals surface area contributed by atoms with Gasteiger partial charge in [0, 0.05) is 18.7 Å². The Morgan fingerprint density at radius 3 is 2.71 bits per heavy atom. The monoisotopic (exact) mass is 440 g/mol. The van der Waals surface area contributed by atoms with Crippen LogP contribution in [-0.4, -0.2) is 26.4 Å². The Morgan fingerprint density at radius 2 is 2.00 bits per heavy atom. The maximum absolute atomic E-state index is 12.2. The number of nitrogens with zero attached hydrogens (tertiary/aromatic N) is 3. The van der Waals surface area contributed by atoms with Gasteiger partial charge in [0.2, 0.25) is 5.91 Å². The number of carbonyl (C=O) groups is 1. The molecule has 5 nitrogen and oxygen atoms in total. The van der Waals surface area contributed by atoms with Gasteiger partial charge in [0.25, 0.3) is 0 Å². The number of hydrogen-bond acceptors (Lipinski definition) is 4. The Bertz CT molecular complexity index is 795. The summed E-state index contributed by atoms with van der Waals surface area (Å²) >= 11 is 13.2. The van der Waals surface area contributed by atoms with Crippen molar-refractivity contribution in [3.05, 3.63) is 46.7 Å². The van der Waals surface area contributed by atoms with E-state index in [2.05, 4.69) is 29.0 Å². The summed E-state index contributed by atoms with van der Waals surface area (Å²) in [5.74, 6) is 1.04. The summed E-state index contributed by atoms with van der Waals surface area (Å²) in [5, 5.41) is 13.0. The van der Waals surface area contributed by atoms with E-state index in [0.29, 0.717) is 22.3 Å². The normalized spacial score (nSPS) is 10.8. The summed E-state index contributed by atoms with van der Waals surface area (Å²) in [6, 6.07) is 5.00. The third kappa shape index (κ3) is 7.15. The van der Waals surface area contributed by atoms with Crippen LogP contribution in [0.5, 0.6) is 0 Å². The van der Waals surface area contributed by atoms with E-state index in [4.69, 9.17) is 23.2 Å². The van der Waals surface area contributed by atoms with Crippen LogP contribution in [0.4, 0.5) is 5.69 Å². The van der Waals surface area contributed by atoms with Gasteiger partial charge in [0.1, 0.15) is 5.82 Å². The molecule has 1 aromatic carbocycles. The zero-order valence-electron chi connectivity index (χ0n) is 16.1. The molecule has 152 valence electrons. The molecule has 1 aromatic heterocycles. The number of allylic oxidation sites excluding steroid dienone is 1. The maximum atomic E-state index is 12.2. The van der Waals surface area contributed by atoms with Crippen LogP contribution >= 0.6 is 35.0 Å². The molecule has 0 aliphatic rings. The quantitative estimate of drug-likeness (QED) is 0.249. The molecule has 1 N–H and O–H groups in total. The number of aryl methyl sites for hydroxylation is 1. The second-order valence-corrected chi connectivity index (χ2v) is 8.18. The predicted octanol–water partition coefficient (Wildman–Crippen LogP) is 6.01. The van der Waals surface area contributed by atoms with Gasteiger partial charge < -0.3 is 9.88 Å². The molecule has 0 fully saturated rings. The molecule has 1 heterocycles. The van der Waals surface area contributed by atoms with Gasteiger partial charge in [-0.2, -0.15) is 0 Å². The number of unbranched alkanes of at least 4 members (excludes halogenated alkanes) is 4. The zero-order chi connectivity index (χ0) is 20.4. The molecule has 0 spiro atoms. The summed E-state index contributed by atoms with van der Waals surface area (Å²) < 4.78 is 2.03. The number of halogens is 2. The predicted molar refractivity (Wildman–Crippen MR) is 118 cm³/mol. The lowest BCUT2D eigenvalue weighted by atomic mass is 10.1. The number of rotatable bonds is 12. The first-order valence-electron chi connectivity index (χ1n) is 9.45. The number of anilines is 1. The third-order valence-electron chi connectivity index (χ3n) is 4.14. The number of thioether (sulfide) groups is 1. The van der Waals surface area contributed by atoms with E-state index < -0.39 is 0 Å². The molecule has 2 rings (SSSR count). The summed E-state index contributed by atoms with van der Waals surface area (Å²) in [6.07, 6.45) is 8.76. The van der Waals surface area contributed by atoms with Gasteiger partial charge in [-0.3, -0.25) is 4.79 Å². The fourth-order valence-corrected chi connectivity index (χ4v) is 3.78. The average molecular weight is 441 g/mol. The Morgan fingerprint density at radius 1 is 1.21 bits per heavy atom. The van der Waals surface area contributed by atoms with Crippen molar-refractivity contribution >= 4 is 46.6 Å². The van der Waals surface area contributed by atoms with E-state index in [1.807, 2.05) is 10.6 Å². The lowest BCUT2D eigenvalue weighted by Gasteiger charge is -2.08. The zero-order valence-corrected chi connectivity index (χ0v) is 18.4. The van der Waals surface area contributed by atoms with Crippen molar-refractivity contribution in [1.82, 2.24) is 14.8 Å². The highest BCUT2D eigenvalue weighted by Crippen LogP contribution is 2.25. The third-order valence-corrected chi connectivity index (χ3v) is 5.85. The van der Waals surface area contributed by atoms with Gasteiger partial charge in [0.05, 0.1) is 15.8 Å². The van der Waals surface area contributed by atoms with Crippen molar-refractivity contribution < 1.29 is 4.79 Å². The molecule has 28 heavy (non-hydrogen) atoms. The smallest absolute Gasteiger partial charge is 0.234 e. The highest BCUT2D eigenvalue weighted by molar-refractivity contribution is 7.99. The van der Waals surface area contributed by atoms with Crippen LogP contribution in [0.3, 0.4) is 0 Å². The molecule has 0 bridgehead atoms. The Labute approximate surface area is 180 Å². The molecule has 8 heteroatoms. The maximum Gasteiger partial charge on any atom is 0.234 e. The number of nitrogens with one attached hydrogen (secondary N) is 1. The highest BCUT2D eigenvalue weighted by Gasteiger charge is 2.13. The van der Waals surface area contributed by atoms with Crippen LogP contribution in [0.1, 0.15) is 44.9 Å². The molecular weight excluding hydrogens is 415 g/mol. The lowest BCUT2D eigenvalue weighted by molar-refractivity contribution is -0.113. The van der Waals surface area contributed by atoms with Gasteiger partial charge in [-0.25, -0.2) is 0 Å². The molecule has 0 saturated carbocycles. The number of benzene rings is 1. The summed E-state index contributed by atoms with van der Waals surface area (Å²) in [7, 11) is 0. The van der Waals surface area contributed by atoms with E-state index in [9.17, 15) is 4.79 Å². The first-order chi connectivity index (χ1) is 13.5. The standard InChI is InChI=1S/C20H26Cl2N4OS/c1-3-5-6-7-8-9-18-24-25-20(26(18)12-4-2)28-14-19(27)23-15-10-11-16(21)17(22)13-15/h4,10-11,13H,2-3,5-9,12,14H2,1H3,(H,23,27). The number of hydrogen-bond donors (Lipinski definition) is 1. The van der Waals surface area contributed by atoms with Crippen molar-refractivity contribution in [2.24, 2.45) is 0 Å². The summed E-state index contributed by atoms with van der Waals surface area (Å²) in [5.41, 5.74) is 0.611. The van der Waals surface area contributed by atoms with Crippen LogP contribution in [-0.2, 0) is 17.8 Å². The van der Waals surface area contributed by atoms with E-state index in [1.165, 1.54) is 37.4 Å². The fraction of sp³-hybridized carbons (Fsp3) is 0.450. The van der Waals surface area contributed by atoms with E-state index in [0.717, 1.165) is 23.8 Å². The van der Waals surface area contributed by atoms with Gasteiger partial charge in [-0.15, -0.1) is 16.8 Å². The van der Waals surface area contributed by atoms with Crippen LogP contribution < -0.4 is 5.32 Å². The SMILES string of the molecule is C=CCn1c(CCCCCCC)nnc1SCC(=O)Nc1ccc(Cl)c(Cl)c1. The van der Waals surface area contributed by atoms with Gasteiger partial charge in [-0.05, 0) is 24.6 Å². The van der Waals surface area contributed by atoms with Crippen molar-refractivity contribution in [1.29, 1.82) is 0 Å². The number of carbonyl (C=O) groups excluding carboxylic acids is 1. The van der Waals surface area contributed by atoms with Crippen LogP contribution in [0, 0.1) is 0 Å². The van der Waals surface area contributed by atoms with Crippen molar-refractivity contribution in [2.45, 2.75) is 57.1 Å². The molecule has 0 aliphatic carbocycles. The van der Waals surface area contributed by atoms with Gasteiger partial charge in [0.15, 0.2) is 5.16 Å². The molecule has 0 atom stereocenters. The molecule has 0 radical (unpaired) electrons. The summed E-state index contributed by atoms with van der Waals surface area (Å²) in [4.78, 5) is 12.2. The first-order valence-corrected chi connectivity index (χ1v) is 11.2. The minimum atomic E-state index is -0.141.